The highest BCUT2D eigenvalue weighted by molar-refractivity contribution is 7.17. The molecular formula is C19H20N2OS. The lowest BCUT2D eigenvalue weighted by Crippen LogP contribution is -2.13. The number of hydrogen-bond donors (Lipinski definition) is 1. The lowest BCUT2D eigenvalue weighted by Gasteiger charge is -2.07. The molecule has 118 valence electrons. The summed E-state index contributed by atoms with van der Waals surface area (Å²) in [7, 11) is 0. The quantitative estimate of drug-likeness (QED) is 0.777. The number of amides is 1. The van der Waals surface area contributed by atoms with Crippen molar-refractivity contribution in [2.75, 3.05) is 0 Å². The van der Waals surface area contributed by atoms with Crippen LogP contribution in [-0.4, -0.2) is 10.9 Å². The van der Waals surface area contributed by atoms with E-state index in [2.05, 4.69) is 42.2 Å². The second kappa shape index (κ2) is 6.50. The smallest absolute Gasteiger partial charge is 0.221 e. The third-order valence-corrected chi connectivity index (χ3v) is 5.10. The van der Waals surface area contributed by atoms with Crippen molar-refractivity contribution in [1.29, 1.82) is 0 Å². The zero-order chi connectivity index (χ0) is 16.4. The Kier molecular flexibility index (Phi) is 4.44. The van der Waals surface area contributed by atoms with Crippen LogP contribution in [0.1, 0.15) is 28.1 Å². The van der Waals surface area contributed by atoms with Crippen LogP contribution in [0.5, 0.6) is 0 Å². The molecule has 1 amide bonds. The van der Waals surface area contributed by atoms with Gasteiger partial charge in [0.1, 0.15) is 0 Å². The molecule has 0 radical (unpaired) electrons. The average molecular weight is 324 g/mol. The second-order valence-electron chi connectivity index (χ2n) is 5.93. The van der Waals surface area contributed by atoms with E-state index in [0.717, 1.165) is 35.2 Å². The Morgan fingerprint density at radius 3 is 2.70 bits per heavy atom. The highest BCUT2D eigenvalue weighted by Gasteiger charge is 2.08. The average Bonchev–Trinajstić information content (AvgIpc) is 2.88. The van der Waals surface area contributed by atoms with Gasteiger partial charge in [-0.2, -0.15) is 0 Å². The summed E-state index contributed by atoms with van der Waals surface area (Å²) in [6.45, 7) is 4.09. The number of rotatable bonds is 5. The van der Waals surface area contributed by atoms with Crippen molar-refractivity contribution in [3.8, 4) is 0 Å². The maximum absolute atomic E-state index is 11.1. The summed E-state index contributed by atoms with van der Waals surface area (Å²) in [5.41, 5.74) is 11.1. The molecule has 0 saturated carbocycles. The molecule has 23 heavy (non-hydrogen) atoms. The molecule has 0 bridgehead atoms. The number of nitrogens with two attached hydrogens (primary N) is 1. The van der Waals surface area contributed by atoms with Crippen molar-refractivity contribution in [3.05, 3.63) is 63.8 Å². The molecule has 0 spiro atoms. The van der Waals surface area contributed by atoms with E-state index in [1.807, 2.05) is 12.3 Å². The number of carbonyl (C=O) groups excluding carboxylic acids is 1. The van der Waals surface area contributed by atoms with Gasteiger partial charge < -0.3 is 5.73 Å². The van der Waals surface area contributed by atoms with E-state index in [1.54, 1.807) is 11.3 Å². The van der Waals surface area contributed by atoms with Gasteiger partial charge in [-0.05, 0) is 66.3 Å². The van der Waals surface area contributed by atoms with Gasteiger partial charge in [0.2, 0.25) is 5.91 Å². The van der Waals surface area contributed by atoms with E-state index in [-0.39, 0.29) is 5.91 Å². The van der Waals surface area contributed by atoms with Crippen LogP contribution < -0.4 is 5.73 Å². The van der Waals surface area contributed by atoms with Crippen LogP contribution in [-0.2, 0) is 24.1 Å². The summed E-state index contributed by atoms with van der Waals surface area (Å²) in [5.74, 6) is -0.281. The largest absolute Gasteiger partial charge is 0.369 e. The minimum Gasteiger partial charge on any atom is -0.369 e. The Bertz CT molecular complexity index is 867. The van der Waals surface area contributed by atoms with E-state index >= 15 is 0 Å². The molecule has 0 fully saturated rings. The molecule has 0 atom stereocenters. The predicted octanol–water partition coefficient (Wildman–Crippen LogP) is 3.73. The first kappa shape index (κ1) is 15.7. The second-order valence-corrected chi connectivity index (χ2v) is 6.84. The standard InChI is InChI=1S/C19H20N2OS/c1-12-3-6-15(13(2)21-12)7-4-14-5-8-17-16(10-19(20)22)11-23-18(17)9-14/h3,5-6,8-9,11H,4,7,10H2,1-2H3,(H2,20,22). The Hall–Kier alpha value is -2.20. The maximum Gasteiger partial charge on any atom is 0.221 e. The first-order valence-electron chi connectivity index (χ1n) is 7.73. The third-order valence-electron chi connectivity index (χ3n) is 4.10. The summed E-state index contributed by atoms with van der Waals surface area (Å²) in [6, 6.07) is 10.7. The van der Waals surface area contributed by atoms with Gasteiger partial charge in [0.25, 0.3) is 0 Å². The van der Waals surface area contributed by atoms with Gasteiger partial charge in [-0.15, -0.1) is 11.3 Å². The predicted molar refractivity (Wildman–Crippen MR) is 95.8 cm³/mol. The van der Waals surface area contributed by atoms with Crippen molar-refractivity contribution in [2.24, 2.45) is 5.73 Å². The molecule has 0 aliphatic heterocycles. The van der Waals surface area contributed by atoms with Crippen molar-refractivity contribution in [3.63, 3.8) is 0 Å². The van der Waals surface area contributed by atoms with Gasteiger partial charge in [0.15, 0.2) is 0 Å². The fourth-order valence-electron chi connectivity index (χ4n) is 2.87. The molecule has 2 aromatic heterocycles. The lowest BCUT2D eigenvalue weighted by atomic mass is 10.0. The van der Waals surface area contributed by atoms with E-state index in [4.69, 9.17) is 5.73 Å². The van der Waals surface area contributed by atoms with Crippen LogP contribution in [0.4, 0.5) is 0 Å². The van der Waals surface area contributed by atoms with Gasteiger partial charge >= 0.3 is 0 Å². The highest BCUT2D eigenvalue weighted by atomic mass is 32.1. The molecule has 2 N–H and O–H groups in total. The molecule has 4 heteroatoms. The number of aromatic nitrogens is 1. The number of carbonyl (C=O) groups is 1. The van der Waals surface area contributed by atoms with Crippen LogP contribution in [0.25, 0.3) is 10.1 Å². The van der Waals surface area contributed by atoms with Crippen LogP contribution in [0.2, 0.25) is 0 Å². The monoisotopic (exact) mass is 324 g/mol. The Balaban J connectivity index is 1.77. The number of thiophene rings is 1. The molecule has 3 rings (SSSR count). The van der Waals surface area contributed by atoms with Crippen molar-refractivity contribution in [1.82, 2.24) is 4.98 Å². The SMILES string of the molecule is Cc1ccc(CCc2ccc3c(CC(N)=O)csc3c2)c(C)n1. The molecule has 0 aliphatic rings. The number of hydrogen-bond acceptors (Lipinski definition) is 3. The van der Waals surface area contributed by atoms with E-state index in [0.29, 0.717) is 6.42 Å². The summed E-state index contributed by atoms with van der Waals surface area (Å²) in [5, 5.41) is 3.18. The number of primary amides is 1. The molecule has 0 saturated heterocycles. The maximum atomic E-state index is 11.1. The van der Waals surface area contributed by atoms with Crippen molar-refractivity contribution < 1.29 is 4.79 Å². The number of nitrogens with zero attached hydrogens (tertiary/aromatic N) is 1. The number of benzene rings is 1. The normalized spacial score (nSPS) is 11.0. The Morgan fingerprint density at radius 1 is 1.13 bits per heavy atom. The van der Waals surface area contributed by atoms with Crippen LogP contribution in [0.3, 0.4) is 0 Å². The summed E-state index contributed by atoms with van der Waals surface area (Å²) in [4.78, 5) is 15.6. The van der Waals surface area contributed by atoms with Gasteiger partial charge in [0, 0.05) is 16.1 Å². The Labute approximate surface area is 140 Å². The summed E-state index contributed by atoms with van der Waals surface area (Å²) < 4.78 is 1.22. The zero-order valence-electron chi connectivity index (χ0n) is 13.4. The van der Waals surface area contributed by atoms with Gasteiger partial charge in [0.05, 0.1) is 6.42 Å². The molecular weight excluding hydrogens is 304 g/mol. The third kappa shape index (κ3) is 3.59. The number of aryl methyl sites for hydroxylation is 4. The van der Waals surface area contributed by atoms with Crippen LogP contribution in [0.15, 0.2) is 35.7 Å². The van der Waals surface area contributed by atoms with Gasteiger partial charge in [-0.3, -0.25) is 9.78 Å². The fourth-order valence-corrected chi connectivity index (χ4v) is 3.89. The van der Waals surface area contributed by atoms with Gasteiger partial charge in [-0.1, -0.05) is 18.2 Å². The lowest BCUT2D eigenvalue weighted by molar-refractivity contribution is -0.117. The number of fused-ring (bicyclic) bond motifs is 1. The van der Waals surface area contributed by atoms with Crippen LogP contribution >= 0.6 is 11.3 Å². The molecule has 2 heterocycles. The highest BCUT2D eigenvalue weighted by Crippen LogP contribution is 2.28. The van der Waals surface area contributed by atoms with E-state index in [1.165, 1.54) is 15.8 Å². The molecule has 3 nitrogen and oxygen atoms in total. The minimum absolute atomic E-state index is 0.281. The summed E-state index contributed by atoms with van der Waals surface area (Å²) >= 11 is 1.68. The van der Waals surface area contributed by atoms with Gasteiger partial charge in [-0.25, -0.2) is 0 Å². The topological polar surface area (TPSA) is 56.0 Å². The van der Waals surface area contributed by atoms with Crippen LogP contribution in [0, 0.1) is 13.8 Å². The Morgan fingerprint density at radius 2 is 1.96 bits per heavy atom. The zero-order valence-corrected chi connectivity index (χ0v) is 14.2. The summed E-state index contributed by atoms with van der Waals surface area (Å²) in [6.07, 6.45) is 2.29. The molecule has 0 unspecified atom stereocenters. The first-order valence-corrected chi connectivity index (χ1v) is 8.61. The molecule has 0 aliphatic carbocycles. The van der Waals surface area contributed by atoms with E-state index in [9.17, 15) is 4.79 Å². The molecule has 1 aromatic carbocycles. The van der Waals surface area contributed by atoms with Crippen molar-refractivity contribution >= 4 is 27.3 Å². The minimum atomic E-state index is -0.281. The fraction of sp³-hybridized carbons (Fsp3) is 0.263. The number of pyridine rings is 1. The van der Waals surface area contributed by atoms with Crippen molar-refractivity contribution in [2.45, 2.75) is 33.1 Å². The molecule has 3 aromatic rings. The van der Waals surface area contributed by atoms with E-state index < -0.39 is 0 Å². The first-order chi connectivity index (χ1) is 11.0.